The molecular formula is C18H19N5O2S. The number of aromatic nitrogens is 5. The van der Waals surface area contributed by atoms with Gasteiger partial charge in [-0.1, -0.05) is 6.07 Å². The van der Waals surface area contributed by atoms with Crippen LogP contribution in [0.25, 0.3) is 11.4 Å². The Kier molecular flexibility index (Phi) is 4.50. The molecule has 7 nitrogen and oxygen atoms in total. The van der Waals surface area contributed by atoms with Crippen molar-refractivity contribution in [1.29, 1.82) is 0 Å². The van der Waals surface area contributed by atoms with Crippen LogP contribution in [-0.2, 0) is 22.7 Å². The van der Waals surface area contributed by atoms with E-state index in [1.165, 1.54) is 0 Å². The molecule has 26 heavy (non-hydrogen) atoms. The Morgan fingerprint density at radius 3 is 2.54 bits per heavy atom. The first-order chi connectivity index (χ1) is 12.6. The molecule has 3 aromatic rings. The summed E-state index contributed by atoms with van der Waals surface area (Å²) in [5.74, 6) is 1.73. The van der Waals surface area contributed by atoms with Crippen molar-refractivity contribution in [3.05, 3.63) is 60.4 Å². The maximum Gasteiger partial charge on any atom is 0.182 e. The first-order valence-corrected chi connectivity index (χ1v) is 10.4. The maximum atomic E-state index is 11.9. The monoisotopic (exact) mass is 369 g/mol. The van der Waals surface area contributed by atoms with Gasteiger partial charge in [0.2, 0.25) is 0 Å². The summed E-state index contributed by atoms with van der Waals surface area (Å²) in [4.78, 5) is 12.9. The molecule has 1 saturated heterocycles. The van der Waals surface area contributed by atoms with Crippen molar-refractivity contribution in [2.75, 3.05) is 11.5 Å². The summed E-state index contributed by atoms with van der Waals surface area (Å²) >= 11 is 0. The van der Waals surface area contributed by atoms with Crippen LogP contribution >= 0.6 is 0 Å². The van der Waals surface area contributed by atoms with E-state index in [9.17, 15) is 8.42 Å². The van der Waals surface area contributed by atoms with Crippen LogP contribution in [0.2, 0.25) is 0 Å². The molecule has 0 aliphatic carbocycles. The standard InChI is InChI=1S/C18H19N5O2S/c24-26(25)10-7-16(13-26)23-17(6-5-14-3-1-8-19-11-14)21-18(22-23)15-4-2-9-20-12-15/h1-4,8-9,11-12,16H,5-7,10,13H2. The molecule has 1 unspecified atom stereocenters. The predicted octanol–water partition coefficient (Wildman–Crippen LogP) is 1.88. The Hall–Kier alpha value is -2.61. The summed E-state index contributed by atoms with van der Waals surface area (Å²) in [6.45, 7) is 0. The molecule has 8 heteroatoms. The predicted molar refractivity (Wildman–Crippen MR) is 97.2 cm³/mol. The Balaban J connectivity index is 1.65. The van der Waals surface area contributed by atoms with E-state index in [1.807, 2.05) is 35.1 Å². The van der Waals surface area contributed by atoms with Crippen LogP contribution in [0, 0.1) is 0 Å². The molecule has 1 atom stereocenters. The smallest absolute Gasteiger partial charge is 0.182 e. The van der Waals surface area contributed by atoms with Crippen LogP contribution < -0.4 is 0 Å². The third kappa shape index (κ3) is 3.65. The Morgan fingerprint density at radius 2 is 1.88 bits per heavy atom. The quantitative estimate of drug-likeness (QED) is 0.682. The van der Waals surface area contributed by atoms with Crippen molar-refractivity contribution in [2.45, 2.75) is 25.3 Å². The van der Waals surface area contributed by atoms with Gasteiger partial charge in [-0.15, -0.1) is 0 Å². The Labute approximate surface area is 152 Å². The number of nitrogens with zero attached hydrogens (tertiary/aromatic N) is 5. The van der Waals surface area contributed by atoms with Gasteiger partial charge in [0.15, 0.2) is 15.7 Å². The zero-order valence-electron chi connectivity index (χ0n) is 14.2. The van der Waals surface area contributed by atoms with Crippen molar-refractivity contribution in [2.24, 2.45) is 0 Å². The van der Waals surface area contributed by atoms with Gasteiger partial charge in [0, 0.05) is 36.8 Å². The summed E-state index contributed by atoms with van der Waals surface area (Å²) < 4.78 is 25.6. The molecule has 3 aromatic heterocycles. The molecule has 1 aliphatic rings. The number of hydrogen-bond acceptors (Lipinski definition) is 6. The van der Waals surface area contributed by atoms with Crippen molar-refractivity contribution in [3.8, 4) is 11.4 Å². The van der Waals surface area contributed by atoms with Gasteiger partial charge in [-0.05, 0) is 36.6 Å². The third-order valence-corrected chi connectivity index (χ3v) is 6.29. The molecular weight excluding hydrogens is 350 g/mol. The number of pyridine rings is 2. The average Bonchev–Trinajstić information content (AvgIpc) is 3.24. The second-order valence-corrected chi connectivity index (χ2v) is 8.68. The number of sulfone groups is 1. The molecule has 134 valence electrons. The molecule has 0 bridgehead atoms. The highest BCUT2D eigenvalue weighted by Gasteiger charge is 2.31. The molecule has 0 spiro atoms. The van der Waals surface area contributed by atoms with E-state index in [-0.39, 0.29) is 17.5 Å². The van der Waals surface area contributed by atoms with E-state index in [0.717, 1.165) is 23.4 Å². The number of rotatable bonds is 5. The largest absolute Gasteiger partial charge is 0.264 e. The minimum absolute atomic E-state index is 0.128. The Bertz CT molecular complexity index is 987. The van der Waals surface area contributed by atoms with Gasteiger partial charge in [0.25, 0.3) is 0 Å². The SMILES string of the molecule is O=S1(=O)CCC(n2nc(-c3cccnc3)nc2CCc2cccnc2)C1. The van der Waals surface area contributed by atoms with Gasteiger partial charge in [-0.3, -0.25) is 9.97 Å². The molecule has 1 aliphatic heterocycles. The van der Waals surface area contributed by atoms with Gasteiger partial charge >= 0.3 is 0 Å². The molecule has 0 amide bonds. The number of aryl methyl sites for hydroxylation is 2. The van der Waals surface area contributed by atoms with E-state index >= 15 is 0 Å². The number of hydrogen-bond donors (Lipinski definition) is 0. The minimum atomic E-state index is -2.99. The van der Waals surface area contributed by atoms with E-state index in [2.05, 4.69) is 20.1 Å². The first kappa shape index (κ1) is 16.8. The third-order valence-electron chi connectivity index (χ3n) is 4.54. The molecule has 0 radical (unpaired) electrons. The lowest BCUT2D eigenvalue weighted by Crippen LogP contribution is -2.16. The van der Waals surface area contributed by atoms with Crippen LogP contribution in [0.15, 0.2) is 49.1 Å². The fourth-order valence-electron chi connectivity index (χ4n) is 3.21. The van der Waals surface area contributed by atoms with E-state index in [1.54, 1.807) is 18.6 Å². The van der Waals surface area contributed by atoms with Gasteiger partial charge in [-0.2, -0.15) is 5.10 Å². The second kappa shape index (κ2) is 6.95. The average molecular weight is 369 g/mol. The lowest BCUT2D eigenvalue weighted by molar-refractivity contribution is 0.477. The van der Waals surface area contributed by atoms with Gasteiger partial charge in [0.1, 0.15) is 5.82 Å². The fourth-order valence-corrected chi connectivity index (χ4v) is 4.90. The zero-order chi connectivity index (χ0) is 18.0. The minimum Gasteiger partial charge on any atom is -0.264 e. The molecule has 4 rings (SSSR count). The fraction of sp³-hybridized carbons (Fsp3) is 0.333. The maximum absolute atomic E-state index is 11.9. The lowest BCUT2D eigenvalue weighted by Gasteiger charge is -2.11. The van der Waals surface area contributed by atoms with Crippen LogP contribution in [0.5, 0.6) is 0 Å². The molecule has 0 aromatic carbocycles. The summed E-state index contributed by atoms with van der Waals surface area (Å²) in [7, 11) is -2.99. The van der Waals surface area contributed by atoms with E-state index < -0.39 is 9.84 Å². The van der Waals surface area contributed by atoms with Gasteiger partial charge < -0.3 is 0 Å². The molecule has 4 heterocycles. The highest BCUT2D eigenvalue weighted by atomic mass is 32.2. The highest BCUT2D eigenvalue weighted by Crippen LogP contribution is 2.26. The second-order valence-electron chi connectivity index (χ2n) is 6.46. The van der Waals surface area contributed by atoms with Gasteiger partial charge in [0.05, 0.1) is 17.5 Å². The summed E-state index contributed by atoms with van der Waals surface area (Å²) in [5, 5.41) is 4.63. The highest BCUT2D eigenvalue weighted by molar-refractivity contribution is 7.91. The molecule has 1 fully saturated rings. The van der Waals surface area contributed by atoms with Crippen LogP contribution in [0.4, 0.5) is 0 Å². The van der Waals surface area contributed by atoms with Crippen LogP contribution in [-0.4, -0.2) is 44.7 Å². The van der Waals surface area contributed by atoms with Crippen molar-refractivity contribution in [1.82, 2.24) is 24.7 Å². The molecule has 0 saturated carbocycles. The van der Waals surface area contributed by atoms with E-state index in [0.29, 0.717) is 18.7 Å². The topological polar surface area (TPSA) is 90.6 Å². The normalized spacial score (nSPS) is 18.8. The summed E-state index contributed by atoms with van der Waals surface area (Å²) in [6, 6.07) is 7.52. The lowest BCUT2D eigenvalue weighted by atomic mass is 10.1. The molecule has 0 N–H and O–H groups in total. The first-order valence-electron chi connectivity index (χ1n) is 8.56. The van der Waals surface area contributed by atoms with E-state index in [4.69, 9.17) is 0 Å². The van der Waals surface area contributed by atoms with Gasteiger partial charge in [-0.25, -0.2) is 18.1 Å². The van der Waals surface area contributed by atoms with Crippen LogP contribution in [0.1, 0.15) is 23.9 Å². The summed E-state index contributed by atoms with van der Waals surface area (Å²) in [5.41, 5.74) is 1.94. The summed E-state index contributed by atoms with van der Waals surface area (Å²) in [6.07, 6.45) is 9.04. The van der Waals surface area contributed by atoms with Crippen molar-refractivity contribution < 1.29 is 8.42 Å². The Morgan fingerprint density at radius 1 is 1.08 bits per heavy atom. The van der Waals surface area contributed by atoms with Crippen molar-refractivity contribution in [3.63, 3.8) is 0 Å². The van der Waals surface area contributed by atoms with Crippen LogP contribution in [0.3, 0.4) is 0 Å². The van der Waals surface area contributed by atoms with Crippen molar-refractivity contribution >= 4 is 9.84 Å². The zero-order valence-corrected chi connectivity index (χ0v) is 15.0.